The van der Waals surface area contributed by atoms with Crippen LogP contribution in [0.15, 0.2) is 24.3 Å². The molecule has 0 aliphatic rings. The van der Waals surface area contributed by atoms with Gasteiger partial charge in [-0.25, -0.2) is 4.39 Å². The van der Waals surface area contributed by atoms with Crippen molar-refractivity contribution in [3.63, 3.8) is 0 Å². The minimum Gasteiger partial charge on any atom is -0.486 e. The van der Waals surface area contributed by atoms with Crippen LogP contribution in [0.1, 0.15) is 0 Å². The summed E-state index contributed by atoms with van der Waals surface area (Å²) in [6.07, 6.45) is 0. The normalized spacial score (nSPS) is 10.2. The number of halogens is 1. The standard InChI is InChI=1S/C11H10FNO2S/c1-14-10-9(11(15-2)16-13-10)7-3-5-8(12)6-4-7/h3-6H,1-2H3. The molecular weight excluding hydrogens is 229 g/mol. The van der Waals surface area contributed by atoms with E-state index in [-0.39, 0.29) is 5.82 Å². The Bertz CT molecular complexity index is 460. The topological polar surface area (TPSA) is 31.4 Å². The second kappa shape index (κ2) is 4.49. The van der Waals surface area contributed by atoms with Crippen LogP contribution in [0.4, 0.5) is 4.39 Å². The smallest absolute Gasteiger partial charge is 0.236 e. The Morgan fingerprint density at radius 2 is 1.81 bits per heavy atom. The van der Waals surface area contributed by atoms with Crippen molar-refractivity contribution >= 4 is 11.5 Å². The molecule has 1 aromatic heterocycles. The number of ether oxygens (including phenoxy) is 2. The monoisotopic (exact) mass is 239 g/mol. The van der Waals surface area contributed by atoms with Gasteiger partial charge >= 0.3 is 0 Å². The van der Waals surface area contributed by atoms with E-state index < -0.39 is 0 Å². The summed E-state index contributed by atoms with van der Waals surface area (Å²) in [5, 5.41) is 0.656. The summed E-state index contributed by atoms with van der Waals surface area (Å²) >= 11 is 1.21. The van der Waals surface area contributed by atoms with Gasteiger partial charge in [0.1, 0.15) is 5.82 Å². The van der Waals surface area contributed by atoms with Crippen LogP contribution >= 0.6 is 11.5 Å². The van der Waals surface area contributed by atoms with E-state index in [2.05, 4.69) is 4.37 Å². The Morgan fingerprint density at radius 3 is 2.38 bits per heavy atom. The molecule has 3 nitrogen and oxygen atoms in total. The highest BCUT2D eigenvalue weighted by Crippen LogP contribution is 2.41. The van der Waals surface area contributed by atoms with E-state index in [0.29, 0.717) is 10.9 Å². The van der Waals surface area contributed by atoms with Gasteiger partial charge in [-0.1, -0.05) is 12.1 Å². The lowest BCUT2D eigenvalue weighted by Gasteiger charge is -2.04. The highest BCUT2D eigenvalue weighted by atomic mass is 32.1. The molecule has 0 aliphatic heterocycles. The van der Waals surface area contributed by atoms with Crippen LogP contribution in [-0.2, 0) is 0 Å². The highest BCUT2D eigenvalue weighted by Gasteiger charge is 2.16. The number of nitrogens with zero attached hydrogens (tertiary/aromatic N) is 1. The van der Waals surface area contributed by atoms with Crippen molar-refractivity contribution in [3.8, 4) is 22.1 Å². The number of hydrogen-bond acceptors (Lipinski definition) is 4. The first-order valence-electron chi connectivity index (χ1n) is 4.60. The summed E-state index contributed by atoms with van der Waals surface area (Å²) in [7, 11) is 3.11. The molecule has 0 spiro atoms. The predicted molar refractivity (Wildman–Crippen MR) is 60.6 cm³/mol. The quantitative estimate of drug-likeness (QED) is 0.825. The molecule has 0 fully saturated rings. The van der Waals surface area contributed by atoms with E-state index in [1.165, 1.54) is 23.7 Å². The molecule has 0 saturated carbocycles. The van der Waals surface area contributed by atoms with Gasteiger partial charge in [-0.3, -0.25) is 0 Å². The van der Waals surface area contributed by atoms with Crippen molar-refractivity contribution in [1.29, 1.82) is 0 Å². The van der Waals surface area contributed by atoms with Crippen molar-refractivity contribution < 1.29 is 13.9 Å². The highest BCUT2D eigenvalue weighted by molar-refractivity contribution is 7.08. The molecule has 84 valence electrons. The molecule has 0 unspecified atom stereocenters. The Morgan fingerprint density at radius 1 is 1.12 bits per heavy atom. The molecule has 0 radical (unpaired) electrons. The average molecular weight is 239 g/mol. The van der Waals surface area contributed by atoms with E-state index in [1.54, 1.807) is 26.4 Å². The fourth-order valence-electron chi connectivity index (χ4n) is 1.40. The van der Waals surface area contributed by atoms with Gasteiger partial charge in [0.25, 0.3) is 0 Å². The van der Waals surface area contributed by atoms with Crippen molar-refractivity contribution in [2.45, 2.75) is 0 Å². The molecule has 1 aromatic carbocycles. The Balaban J connectivity index is 2.52. The molecule has 16 heavy (non-hydrogen) atoms. The van der Waals surface area contributed by atoms with E-state index in [1.807, 2.05) is 0 Å². The number of benzene rings is 1. The van der Waals surface area contributed by atoms with Gasteiger partial charge in [0.2, 0.25) is 10.9 Å². The summed E-state index contributed by atoms with van der Waals surface area (Å²) in [5.74, 6) is 0.221. The first-order valence-corrected chi connectivity index (χ1v) is 5.37. The average Bonchev–Trinajstić information content (AvgIpc) is 2.73. The van der Waals surface area contributed by atoms with E-state index >= 15 is 0 Å². The molecule has 2 rings (SSSR count). The molecule has 0 saturated heterocycles. The van der Waals surface area contributed by atoms with Crippen molar-refractivity contribution in [1.82, 2.24) is 4.37 Å². The molecule has 1 heterocycles. The van der Waals surface area contributed by atoms with Gasteiger partial charge in [0.05, 0.1) is 19.8 Å². The van der Waals surface area contributed by atoms with Gasteiger partial charge in [0.15, 0.2) is 0 Å². The van der Waals surface area contributed by atoms with Crippen LogP contribution in [0.3, 0.4) is 0 Å². The summed E-state index contributed by atoms with van der Waals surface area (Å²) in [6, 6.07) is 6.13. The van der Waals surface area contributed by atoms with Gasteiger partial charge in [0, 0.05) is 11.5 Å². The first-order chi connectivity index (χ1) is 7.76. The maximum atomic E-state index is 12.8. The molecule has 0 bridgehead atoms. The molecule has 0 amide bonds. The van der Waals surface area contributed by atoms with E-state index in [9.17, 15) is 4.39 Å². The minimum absolute atomic E-state index is 0.273. The zero-order valence-electron chi connectivity index (χ0n) is 8.86. The fourth-order valence-corrected chi connectivity index (χ4v) is 2.10. The van der Waals surface area contributed by atoms with Gasteiger partial charge in [-0.2, -0.15) is 4.37 Å². The molecule has 0 N–H and O–H groups in total. The summed E-state index contributed by atoms with van der Waals surface area (Å²) in [6.45, 7) is 0. The Kier molecular flexibility index (Phi) is 3.05. The first kappa shape index (κ1) is 10.9. The van der Waals surface area contributed by atoms with Crippen LogP contribution < -0.4 is 9.47 Å². The van der Waals surface area contributed by atoms with Crippen molar-refractivity contribution in [2.24, 2.45) is 0 Å². The lowest BCUT2D eigenvalue weighted by atomic mass is 10.1. The molecule has 0 atom stereocenters. The Labute approximate surface area is 96.6 Å². The number of aromatic nitrogens is 1. The molecule has 0 aliphatic carbocycles. The van der Waals surface area contributed by atoms with Crippen LogP contribution in [0, 0.1) is 5.82 Å². The zero-order valence-corrected chi connectivity index (χ0v) is 9.68. The largest absolute Gasteiger partial charge is 0.486 e. The lowest BCUT2D eigenvalue weighted by Crippen LogP contribution is -1.88. The SMILES string of the molecule is COc1nsc(OC)c1-c1ccc(F)cc1. The molecular formula is C11H10FNO2S. The van der Waals surface area contributed by atoms with Crippen LogP contribution in [0.5, 0.6) is 10.9 Å². The zero-order chi connectivity index (χ0) is 11.5. The van der Waals surface area contributed by atoms with Crippen molar-refractivity contribution in [3.05, 3.63) is 30.1 Å². The van der Waals surface area contributed by atoms with Crippen LogP contribution in [0.2, 0.25) is 0 Å². The maximum absolute atomic E-state index is 12.8. The third-order valence-corrected chi connectivity index (χ3v) is 2.93. The predicted octanol–water partition coefficient (Wildman–Crippen LogP) is 2.97. The number of methoxy groups -OCH3 is 2. The van der Waals surface area contributed by atoms with Gasteiger partial charge in [-0.05, 0) is 17.7 Å². The summed E-state index contributed by atoms with van der Waals surface area (Å²) < 4.78 is 27.3. The summed E-state index contributed by atoms with van der Waals surface area (Å²) in [4.78, 5) is 0. The molecule has 2 aromatic rings. The second-order valence-corrected chi connectivity index (χ2v) is 3.80. The van der Waals surface area contributed by atoms with Gasteiger partial charge in [-0.15, -0.1) is 0 Å². The second-order valence-electron chi connectivity index (χ2n) is 3.07. The third-order valence-electron chi connectivity index (χ3n) is 2.14. The minimum atomic E-state index is -0.273. The third kappa shape index (κ3) is 1.86. The molecule has 5 heteroatoms. The summed E-state index contributed by atoms with van der Waals surface area (Å²) in [5.41, 5.74) is 1.58. The van der Waals surface area contributed by atoms with E-state index in [4.69, 9.17) is 9.47 Å². The van der Waals surface area contributed by atoms with Gasteiger partial charge < -0.3 is 9.47 Å². The lowest BCUT2D eigenvalue weighted by molar-refractivity contribution is 0.398. The van der Waals surface area contributed by atoms with Crippen molar-refractivity contribution in [2.75, 3.05) is 14.2 Å². The number of rotatable bonds is 3. The van der Waals surface area contributed by atoms with E-state index in [0.717, 1.165) is 11.1 Å². The Hall–Kier alpha value is -1.62. The maximum Gasteiger partial charge on any atom is 0.236 e. The van der Waals surface area contributed by atoms with Crippen LogP contribution in [0.25, 0.3) is 11.1 Å². The fraction of sp³-hybridized carbons (Fsp3) is 0.182. The van der Waals surface area contributed by atoms with Crippen LogP contribution in [-0.4, -0.2) is 18.6 Å². The number of hydrogen-bond donors (Lipinski definition) is 0.